The number of nitrogens with one attached hydrogen (secondary N) is 1. The van der Waals surface area contributed by atoms with Crippen LogP contribution in [0.1, 0.15) is 37.4 Å². The molecular formula is C15H23NO3. The minimum absolute atomic E-state index is 0.101. The SMILES string of the molecule is COC(C(=O)NCCCCCCO)c1ccccc1. The first-order chi connectivity index (χ1) is 9.29. The Morgan fingerprint density at radius 3 is 2.53 bits per heavy atom. The quantitative estimate of drug-likeness (QED) is 0.672. The van der Waals surface area contributed by atoms with Crippen LogP contribution in [0.5, 0.6) is 0 Å². The molecule has 0 spiro atoms. The van der Waals surface area contributed by atoms with Crippen molar-refractivity contribution in [2.75, 3.05) is 20.3 Å². The molecule has 0 fully saturated rings. The fourth-order valence-corrected chi connectivity index (χ4v) is 1.92. The van der Waals surface area contributed by atoms with E-state index in [-0.39, 0.29) is 12.5 Å². The number of hydrogen-bond donors (Lipinski definition) is 2. The van der Waals surface area contributed by atoms with Gasteiger partial charge < -0.3 is 15.2 Å². The number of aliphatic hydroxyl groups is 1. The topological polar surface area (TPSA) is 58.6 Å². The maximum absolute atomic E-state index is 12.0. The van der Waals surface area contributed by atoms with Gasteiger partial charge >= 0.3 is 0 Å². The van der Waals surface area contributed by atoms with E-state index in [1.807, 2.05) is 30.3 Å². The first-order valence-electron chi connectivity index (χ1n) is 6.76. The molecule has 0 aliphatic carbocycles. The molecule has 4 heteroatoms. The lowest BCUT2D eigenvalue weighted by molar-refractivity contribution is -0.131. The summed E-state index contributed by atoms with van der Waals surface area (Å²) < 4.78 is 5.25. The second-order valence-electron chi connectivity index (χ2n) is 4.46. The molecule has 1 amide bonds. The Kier molecular flexibility index (Phi) is 7.86. The van der Waals surface area contributed by atoms with Gasteiger partial charge in [0.15, 0.2) is 6.10 Å². The third-order valence-corrected chi connectivity index (χ3v) is 2.96. The molecule has 0 saturated carbocycles. The standard InChI is InChI=1S/C15H23NO3/c1-19-14(13-9-5-4-6-10-13)15(18)16-11-7-2-3-8-12-17/h4-6,9-10,14,17H,2-3,7-8,11-12H2,1H3,(H,16,18). The van der Waals surface area contributed by atoms with E-state index in [9.17, 15) is 4.79 Å². The van der Waals surface area contributed by atoms with E-state index in [1.165, 1.54) is 0 Å². The molecule has 1 aromatic carbocycles. The van der Waals surface area contributed by atoms with Gasteiger partial charge in [0.1, 0.15) is 0 Å². The predicted octanol–water partition coefficient (Wildman–Crippen LogP) is 2.04. The van der Waals surface area contributed by atoms with Crippen molar-refractivity contribution in [2.24, 2.45) is 0 Å². The fourth-order valence-electron chi connectivity index (χ4n) is 1.92. The van der Waals surface area contributed by atoms with Crippen molar-refractivity contribution in [2.45, 2.75) is 31.8 Å². The molecule has 0 bridgehead atoms. The largest absolute Gasteiger partial charge is 0.396 e. The lowest BCUT2D eigenvalue weighted by Gasteiger charge is -2.15. The average Bonchev–Trinajstić information content (AvgIpc) is 2.45. The molecule has 1 atom stereocenters. The molecule has 106 valence electrons. The second kappa shape index (κ2) is 9.53. The molecule has 0 radical (unpaired) electrons. The summed E-state index contributed by atoms with van der Waals surface area (Å²) in [5.74, 6) is -0.101. The number of carbonyl (C=O) groups excluding carboxylic acids is 1. The predicted molar refractivity (Wildman–Crippen MR) is 74.8 cm³/mol. The molecule has 19 heavy (non-hydrogen) atoms. The molecule has 1 aromatic rings. The molecule has 1 rings (SSSR count). The molecule has 1 unspecified atom stereocenters. The number of hydrogen-bond acceptors (Lipinski definition) is 3. The third-order valence-electron chi connectivity index (χ3n) is 2.96. The number of rotatable bonds is 9. The van der Waals surface area contributed by atoms with Crippen LogP contribution in [0.4, 0.5) is 0 Å². The number of unbranched alkanes of at least 4 members (excludes halogenated alkanes) is 3. The first kappa shape index (κ1) is 15.7. The van der Waals surface area contributed by atoms with Gasteiger partial charge in [-0.1, -0.05) is 43.2 Å². The van der Waals surface area contributed by atoms with E-state index in [0.717, 1.165) is 31.2 Å². The van der Waals surface area contributed by atoms with E-state index in [0.29, 0.717) is 6.54 Å². The summed E-state index contributed by atoms with van der Waals surface area (Å²) in [7, 11) is 1.54. The summed E-state index contributed by atoms with van der Waals surface area (Å²) in [4.78, 5) is 12.0. The minimum atomic E-state index is -0.543. The van der Waals surface area contributed by atoms with Gasteiger partial charge in [-0.05, 0) is 18.4 Å². The van der Waals surface area contributed by atoms with Crippen molar-refractivity contribution < 1.29 is 14.6 Å². The van der Waals surface area contributed by atoms with Gasteiger partial charge in [-0.15, -0.1) is 0 Å². The highest BCUT2D eigenvalue weighted by atomic mass is 16.5. The van der Waals surface area contributed by atoms with E-state index in [1.54, 1.807) is 7.11 Å². The Bertz CT molecular complexity index is 354. The zero-order valence-electron chi connectivity index (χ0n) is 11.5. The number of methoxy groups -OCH3 is 1. The van der Waals surface area contributed by atoms with Crippen molar-refractivity contribution in [1.82, 2.24) is 5.32 Å². The van der Waals surface area contributed by atoms with E-state index >= 15 is 0 Å². The maximum Gasteiger partial charge on any atom is 0.253 e. The van der Waals surface area contributed by atoms with Crippen LogP contribution in [0, 0.1) is 0 Å². The van der Waals surface area contributed by atoms with Gasteiger partial charge in [0.05, 0.1) is 0 Å². The summed E-state index contributed by atoms with van der Waals surface area (Å²) >= 11 is 0. The summed E-state index contributed by atoms with van der Waals surface area (Å²) in [5.41, 5.74) is 0.864. The molecular weight excluding hydrogens is 242 g/mol. The molecule has 0 aromatic heterocycles. The number of carbonyl (C=O) groups is 1. The molecule has 0 aliphatic rings. The summed E-state index contributed by atoms with van der Waals surface area (Å²) in [6.45, 7) is 0.892. The summed E-state index contributed by atoms with van der Waals surface area (Å²) in [6, 6.07) is 9.46. The second-order valence-corrected chi connectivity index (χ2v) is 4.46. The average molecular weight is 265 g/mol. The van der Waals surface area contributed by atoms with Crippen molar-refractivity contribution in [1.29, 1.82) is 0 Å². The van der Waals surface area contributed by atoms with Gasteiger partial charge in [0.25, 0.3) is 5.91 Å². The molecule has 2 N–H and O–H groups in total. The highest BCUT2D eigenvalue weighted by molar-refractivity contribution is 5.82. The van der Waals surface area contributed by atoms with Crippen LogP contribution in [-0.2, 0) is 9.53 Å². The van der Waals surface area contributed by atoms with Crippen LogP contribution in [0.25, 0.3) is 0 Å². The summed E-state index contributed by atoms with van der Waals surface area (Å²) in [5, 5.41) is 11.5. The molecule has 0 heterocycles. The third kappa shape index (κ3) is 5.85. The van der Waals surface area contributed by atoms with Gasteiger partial charge in [-0.2, -0.15) is 0 Å². The number of ether oxygens (including phenoxy) is 1. The van der Waals surface area contributed by atoms with Crippen molar-refractivity contribution in [3.8, 4) is 0 Å². The van der Waals surface area contributed by atoms with E-state index in [2.05, 4.69) is 5.32 Å². The van der Waals surface area contributed by atoms with Crippen LogP contribution in [-0.4, -0.2) is 31.3 Å². The van der Waals surface area contributed by atoms with Crippen molar-refractivity contribution in [3.63, 3.8) is 0 Å². The smallest absolute Gasteiger partial charge is 0.253 e. The van der Waals surface area contributed by atoms with Crippen LogP contribution in [0.3, 0.4) is 0 Å². The fraction of sp³-hybridized carbons (Fsp3) is 0.533. The van der Waals surface area contributed by atoms with Crippen LogP contribution in [0.15, 0.2) is 30.3 Å². The minimum Gasteiger partial charge on any atom is -0.396 e. The highest BCUT2D eigenvalue weighted by Crippen LogP contribution is 2.16. The lowest BCUT2D eigenvalue weighted by Crippen LogP contribution is -2.31. The number of amides is 1. The van der Waals surface area contributed by atoms with Crippen LogP contribution >= 0.6 is 0 Å². The molecule has 0 aliphatic heterocycles. The van der Waals surface area contributed by atoms with Crippen LogP contribution in [0.2, 0.25) is 0 Å². The Morgan fingerprint density at radius 2 is 1.89 bits per heavy atom. The lowest BCUT2D eigenvalue weighted by atomic mass is 10.1. The van der Waals surface area contributed by atoms with Crippen molar-refractivity contribution >= 4 is 5.91 Å². The van der Waals surface area contributed by atoms with Gasteiger partial charge in [0.2, 0.25) is 0 Å². The summed E-state index contributed by atoms with van der Waals surface area (Å²) in [6.07, 6.45) is 3.23. The van der Waals surface area contributed by atoms with E-state index < -0.39 is 6.10 Å². The monoisotopic (exact) mass is 265 g/mol. The van der Waals surface area contributed by atoms with Crippen LogP contribution < -0.4 is 5.32 Å². The Balaban J connectivity index is 2.31. The Hall–Kier alpha value is -1.39. The van der Waals surface area contributed by atoms with Gasteiger partial charge in [-0.25, -0.2) is 0 Å². The number of benzene rings is 1. The van der Waals surface area contributed by atoms with E-state index in [4.69, 9.17) is 9.84 Å². The van der Waals surface area contributed by atoms with Crippen molar-refractivity contribution in [3.05, 3.63) is 35.9 Å². The normalized spacial score (nSPS) is 12.1. The van der Waals surface area contributed by atoms with Gasteiger partial charge in [-0.3, -0.25) is 4.79 Å². The molecule has 0 saturated heterocycles. The Labute approximate surface area is 114 Å². The highest BCUT2D eigenvalue weighted by Gasteiger charge is 2.18. The number of aliphatic hydroxyl groups excluding tert-OH is 1. The Morgan fingerprint density at radius 1 is 1.21 bits per heavy atom. The van der Waals surface area contributed by atoms with Gasteiger partial charge in [0, 0.05) is 20.3 Å². The zero-order chi connectivity index (χ0) is 13.9. The maximum atomic E-state index is 12.0. The zero-order valence-corrected chi connectivity index (χ0v) is 11.5. The first-order valence-corrected chi connectivity index (χ1v) is 6.76. The molecule has 4 nitrogen and oxygen atoms in total.